The molecule has 0 spiro atoms. The van der Waals surface area contributed by atoms with Gasteiger partial charge in [-0.3, -0.25) is 10.1 Å². The minimum Gasteiger partial charge on any atom is -0.432 e. The van der Waals surface area contributed by atoms with E-state index in [0.29, 0.717) is 5.82 Å². The number of aromatic nitrogens is 1. The summed E-state index contributed by atoms with van der Waals surface area (Å²) in [5.41, 5.74) is -0.441. The van der Waals surface area contributed by atoms with Crippen molar-refractivity contribution in [1.29, 1.82) is 0 Å². The van der Waals surface area contributed by atoms with Crippen LogP contribution in [0.25, 0.3) is 0 Å². The Morgan fingerprint density at radius 3 is 2.90 bits per heavy atom. The van der Waals surface area contributed by atoms with Gasteiger partial charge in [-0.15, -0.1) is 0 Å². The average molecular weight is 291 g/mol. The minimum atomic E-state index is -0.697. The number of anilines is 1. The van der Waals surface area contributed by atoms with E-state index >= 15 is 0 Å². The number of rotatable bonds is 6. The molecule has 0 bridgehead atoms. The standard InChI is InChI=1S/C14H14FN3O3/c1-2-8-16-13-4-3-5-14(17-13)21-12-7-6-10(15)9-11(12)18(19)20/h3-7,9H,2,8H2,1H3,(H,16,17). The first kappa shape index (κ1) is 14.7. The highest BCUT2D eigenvalue weighted by atomic mass is 19.1. The summed E-state index contributed by atoms with van der Waals surface area (Å²) in [6.45, 7) is 2.78. The van der Waals surface area contributed by atoms with Crippen molar-refractivity contribution in [3.63, 3.8) is 0 Å². The van der Waals surface area contributed by atoms with Crippen LogP contribution in [0.3, 0.4) is 0 Å². The third kappa shape index (κ3) is 3.88. The number of hydrogen-bond acceptors (Lipinski definition) is 5. The third-order valence-electron chi connectivity index (χ3n) is 2.61. The molecule has 0 unspecified atom stereocenters. The molecule has 2 rings (SSSR count). The molecule has 0 atom stereocenters. The molecule has 2 aromatic rings. The van der Waals surface area contributed by atoms with E-state index in [4.69, 9.17) is 4.74 Å². The van der Waals surface area contributed by atoms with Crippen molar-refractivity contribution in [3.8, 4) is 11.6 Å². The third-order valence-corrected chi connectivity index (χ3v) is 2.61. The molecular weight excluding hydrogens is 277 g/mol. The fourth-order valence-corrected chi connectivity index (χ4v) is 1.66. The number of hydrogen-bond donors (Lipinski definition) is 1. The molecule has 0 amide bonds. The zero-order valence-corrected chi connectivity index (χ0v) is 11.4. The molecule has 0 fully saturated rings. The van der Waals surface area contributed by atoms with Crippen LogP contribution in [0.15, 0.2) is 36.4 Å². The van der Waals surface area contributed by atoms with E-state index in [1.807, 2.05) is 6.92 Å². The van der Waals surface area contributed by atoms with Gasteiger partial charge < -0.3 is 10.1 Å². The highest BCUT2D eigenvalue weighted by Gasteiger charge is 2.17. The summed E-state index contributed by atoms with van der Waals surface area (Å²) in [6.07, 6.45) is 0.941. The van der Waals surface area contributed by atoms with Crippen molar-refractivity contribution in [1.82, 2.24) is 4.98 Å². The van der Waals surface area contributed by atoms with E-state index in [1.165, 1.54) is 6.07 Å². The second-order valence-corrected chi connectivity index (χ2v) is 4.26. The van der Waals surface area contributed by atoms with Crippen molar-refractivity contribution < 1.29 is 14.1 Å². The number of ether oxygens (including phenoxy) is 1. The molecule has 0 saturated heterocycles. The summed E-state index contributed by atoms with van der Waals surface area (Å²) >= 11 is 0. The first-order valence-electron chi connectivity index (χ1n) is 6.43. The van der Waals surface area contributed by atoms with Gasteiger partial charge in [-0.25, -0.2) is 4.39 Å². The number of nitrogens with zero attached hydrogens (tertiary/aromatic N) is 2. The second kappa shape index (κ2) is 6.65. The Bertz CT molecular complexity index is 649. The summed E-state index contributed by atoms with van der Waals surface area (Å²) in [5.74, 6) is 0.0619. The van der Waals surface area contributed by atoms with Gasteiger partial charge in [-0.05, 0) is 24.6 Å². The van der Waals surface area contributed by atoms with E-state index in [2.05, 4.69) is 10.3 Å². The lowest BCUT2D eigenvalue weighted by atomic mass is 10.3. The summed E-state index contributed by atoms with van der Waals surface area (Å²) in [7, 11) is 0. The van der Waals surface area contributed by atoms with Crippen LogP contribution in [0.1, 0.15) is 13.3 Å². The van der Waals surface area contributed by atoms with Crippen LogP contribution in [0.4, 0.5) is 15.9 Å². The lowest BCUT2D eigenvalue weighted by Crippen LogP contribution is -2.02. The fraction of sp³-hybridized carbons (Fsp3) is 0.214. The van der Waals surface area contributed by atoms with Crippen LogP contribution in [0.2, 0.25) is 0 Å². The quantitative estimate of drug-likeness (QED) is 0.648. The van der Waals surface area contributed by atoms with Crippen LogP contribution in [-0.4, -0.2) is 16.5 Å². The number of pyridine rings is 1. The van der Waals surface area contributed by atoms with Crippen molar-refractivity contribution >= 4 is 11.5 Å². The molecule has 1 heterocycles. The normalized spacial score (nSPS) is 10.2. The summed E-state index contributed by atoms with van der Waals surface area (Å²) in [6, 6.07) is 8.18. The maximum atomic E-state index is 13.1. The van der Waals surface area contributed by atoms with Gasteiger partial charge in [-0.2, -0.15) is 4.98 Å². The Labute approximate surface area is 120 Å². The van der Waals surface area contributed by atoms with Gasteiger partial charge in [0.25, 0.3) is 0 Å². The molecule has 0 aliphatic rings. The van der Waals surface area contributed by atoms with Gasteiger partial charge in [0.1, 0.15) is 11.6 Å². The second-order valence-electron chi connectivity index (χ2n) is 4.26. The molecular formula is C14H14FN3O3. The highest BCUT2D eigenvalue weighted by molar-refractivity contribution is 5.48. The summed E-state index contributed by atoms with van der Waals surface area (Å²) in [5, 5.41) is 14.0. The zero-order chi connectivity index (χ0) is 15.2. The van der Waals surface area contributed by atoms with Crippen LogP contribution in [0.5, 0.6) is 11.6 Å². The summed E-state index contributed by atoms with van der Waals surface area (Å²) in [4.78, 5) is 14.4. The van der Waals surface area contributed by atoms with Gasteiger partial charge in [0, 0.05) is 12.6 Å². The van der Waals surface area contributed by atoms with Crippen molar-refractivity contribution in [2.45, 2.75) is 13.3 Å². The Morgan fingerprint density at radius 2 is 2.19 bits per heavy atom. The molecule has 110 valence electrons. The number of nitrogens with one attached hydrogen (secondary N) is 1. The highest BCUT2D eigenvalue weighted by Crippen LogP contribution is 2.31. The zero-order valence-electron chi connectivity index (χ0n) is 11.4. The molecule has 6 nitrogen and oxygen atoms in total. The van der Waals surface area contributed by atoms with Gasteiger partial charge in [0.2, 0.25) is 11.6 Å². The molecule has 7 heteroatoms. The number of nitro groups is 1. The molecule has 0 radical (unpaired) electrons. The predicted molar refractivity (Wildman–Crippen MR) is 76.1 cm³/mol. The van der Waals surface area contributed by atoms with Gasteiger partial charge in [0.05, 0.1) is 11.0 Å². The first-order chi connectivity index (χ1) is 10.1. The molecule has 0 aliphatic heterocycles. The monoisotopic (exact) mass is 291 g/mol. The largest absolute Gasteiger partial charge is 0.432 e. The first-order valence-corrected chi connectivity index (χ1v) is 6.43. The SMILES string of the molecule is CCCNc1cccc(Oc2ccc(F)cc2[N+](=O)[O-])n1. The molecule has 0 saturated carbocycles. The number of halogens is 1. The van der Waals surface area contributed by atoms with Gasteiger partial charge in [0.15, 0.2) is 0 Å². The molecule has 0 aliphatic carbocycles. The van der Waals surface area contributed by atoms with Crippen LogP contribution < -0.4 is 10.1 Å². The molecule has 1 N–H and O–H groups in total. The average Bonchev–Trinajstić information content (AvgIpc) is 2.47. The van der Waals surface area contributed by atoms with E-state index in [0.717, 1.165) is 25.1 Å². The van der Waals surface area contributed by atoms with Crippen LogP contribution in [0, 0.1) is 15.9 Å². The predicted octanol–water partition coefficient (Wildman–Crippen LogP) is 3.74. The Hall–Kier alpha value is -2.70. The smallest absolute Gasteiger partial charge is 0.314 e. The van der Waals surface area contributed by atoms with E-state index < -0.39 is 16.4 Å². The number of nitro benzene ring substituents is 1. The molecule has 1 aromatic carbocycles. The van der Waals surface area contributed by atoms with Gasteiger partial charge in [-0.1, -0.05) is 13.0 Å². The fourth-order valence-electron chi connectivity index (χ4n) is 1.66. The lowest BCUT2D eigenvalue weighted by molar-refractivity contribution is -0.385. The maximum Gasteiger partial charge on any atom is 0.314 e. The van der Waals surface area contributed by atoms with E-state index in [9.17, 15) is 14.5 Å². The van der Waals surface area contributed by atoms with Gasteiger partial charge >= 0.3 is 5.69 Å². The topological polar surface area (TPSA) is 77.3 Å². The maximum absolute atomic E-state index is 13.1. The molecule has 1 aromatic heterocycles. The summed E-state index contributed by atoms with van der Waals surface area (Å²) < 4.78 is 18.5. The Morgan fingerprint density at radius 1 is 1.38 bits per heavy atom. The van der Waals surface area contributed by atoms with Crippen LogP contribution >= 0.6 is 0 Å². The Balaban J connectivity index is 2.24. The lowest BCUT2D eigenvalue weighted by Gasteiger charge is -2.08. The van der Waals surface area contributed by atoms with Crippen molar-refractivity contribution in [2.75, 3.05) is 11.9 Å². The van der Waals surface area contributed by atoms with Crippen molar-refractivity contribution in [3.05, 3.63) is 52.3 Å². The number of benzene rings is 1. The van der Waals surface area contributed by atoms with E-state index in [1.54, 1.807) is 18.2 Å². The van der Waals surface area contributed by atoms with Crippen LogP contribution in [-0.2, 0) is 0 Å². The molecule has 21 heavy (non-hydrogen) atoms. The Kier molecular flexibility index (Phi) is 4.65. The van der Waals surface area contributed by atoms with Crippen molar-refractivity contribution in [2.24, 2.45) is 0 Å². The van der Waals surface area contributed by atoms with E-state index in [-0.39, 0.29) is 11.6 Å². The minimum absolute atomic E-state index is 0.0541.